The van der Waals surface area contributed by atoms with Crippen LogP contribution in [0.1, 0.15) is 15.3 Å². The number of hydrogen-bond acceptors (Lipinski definition) is 4. The van der Waals surface area contributed by atoms with Crippen LogP contribution in [0.3, 0.4) is 0 Å². The molecule has 0 aliphatic carbocycles. The van der Waals surface area contributed by atoms with Crippen LogP contribution in [0.25, 0.3) is 0 Å². The molecular formula is C6H11NaO4. The molecule has 2 unspecified atom stereocenters. The van der Waals surface area contributed by atoms with Crippen molar-refractivity contribution in [2.75, 3.05) is 0 Å². The van der Waals surface area contributed by atoms with Crippen molar-refractivity contribution in [1.82, 2.24) is 0 Å². The Labute approximate surface area is 88.3 Å². The van der Waals surface area contributed by atoms with Crippen molar-refractivity contribution < 1.29 is 51.0 Å². The van der Waals surface area contributed by atoms with Crippen molar-refractivity contribution in [1.29, 1.82) is 0 Å². The van der Waals surface area contributed by atoms with Crippen LogP contribution in [-0.2, 0) is 4.74 Å². The van der Waals surface area contributed by atoms with E-state index in [1.54, 1.807) is 0 Å². The fraction of sp³-hybridized carbons (Fsp3) is 0.667. The Morgan fingerprint density at radius 3 is 2.09 bits per heavy atom. The maximum Gasteiger partial charge on any atom is 1.00 e. The topological polar surface area (TPSA) is 69.9 Å². The van der Waals surface area contributed by atoms with Crippen LogP contribution < -0.4 is 29.6 Å². The zero-order chi connectivity index (χ0) is 7.94. The van der Waals surface area contributed by atoms with Crippen LogP contribution in [-0.4, -0.2) is 27.2 Å². The average Bonchev–Trinajstić information content (AvgIpc) is 1.95. The van der Waals surface area contributed by atoms with Gasteiger partial charge in [-0.1, -0.05) is 0 Å². The van der Waals surface area contributed by atoms with E-state index in [2.05, 4.69) is 0 Å². The van der Waals surface area contributed by atoms with E-state index in [1.165, 1.54) is 13.8 Å². The van der Waals surface area contributed by atoms with Gasteiger partial charge in [-0.15, -0.1) is 0 Å². The van der Waals surface area contributed by atoms with Gasteiger partial charge in [-0.25, -0.2) is 0 Å². The molecule has 5 heteroatoms. The van der Waals surface area contributed by atoms with Crippen LogP contribution in [0, 0.1) is 0 Å². The summed E-state index contributed by atoms with van der Waals surface area (Å²) in [7, 11) is 0. The van der Waals surface area contributed by atoms with Crippen molar-refractivity contribution >= 4 is 0 Å². The van der Waals surface area contributed by atoms with Gasteiger partial charge < -0.3 is 21.5 Å². The number of aliphatic hydroxyl groups is 3. The molecule has 1 aliphatic rings. The first-order valence-corrected chi connectivity index (χ1v) is 2.98. The molecule has 11 heavy (non-hydrogen) atoms. The summed E-state index contributed by atoms with van der Waals surface area (Å²) in [5.41, 5.74) is 0. The largest absolute Gasteiger partial charge is 1.00 e. The molecule has 0 radical (unpaired) electrons. The molecule has 60 valence electrons. The number of ether oxygens (including phenoxy) is 1. The average molecular weight is 170 g/mol. The summed E-state index contributed by atoms with van der Waals surface area (Å²) in [6.07, 6.45) is -0.630. The third-order valence-electron chi connectivity index (χ3n) is 1.47. The molecule has 1 aliphatic heterocycles. The van der Waals surface area contributed by atoms with E-state index < -0.39 is 17.7 Å². The van der Waals surface area contributed by atoms with Crippen LogP contribution in [0.2, 0.25) is 0 Å². The van der Waals surface area contributed by atoms with Gasteiger partial charge in [0.25, 0.3) is 0 Å². The van der Waals surface area contributed by atoms with Crippen molar-refractivity contribution in [3.05, 3.63) is 11.5 Å². The van der Waals surface area contributed by atoms with Gasteiger partial charge in [0, 0.05) is 0 Å². The summed E-state index contributed by atoms with van der Waals surface area (Å²) >= 11 is 0. The number of hydrogen-bond donors (Lipinski definition) is 3. The first-order valence-electron chi connectivity index (χ1n) is 2.98. The Morgan fingerprint density at radius 2 is 2.00 bits per heavy atom. The molecule has 0 fully saturated rings. The van der Waals surface area contributed by atoms with Gasteiger partial charge in [0.2, 0.25) is 5.79 Å². The Hall–Kier alpha value is 0.260. The normalized spacial score (nSPS) is 37.2. The van der Waals surface area contributed by atoms with Crippen molar-refractivity contribution in [2.24, 2.45) is 0 Å². The summed E-state index contributed by atoms with van der Waals surface area (Å²) < 4.78 is 4.75. The van der Waals surface area contributed by atoms with Gasteiger partial charge in [-0.2, -0.15) is 0 Å². The third-order valence-corrected chi connectivity index (χ3v) is 1.47. The molecule has 0 aromatic heterocycles. The summed E-state index contributed by atoms with van der Waals surface area (Å²) in [6, 6.07) is 0. The molecule has 0 saturated heterocycles. The second-order valence-electron chi connectivity index (χ2n) is 2.48. The second kappa shape index (κ2) is 3.33. The summed E-state index contributed by atoms with van der Waals surface area (Å²) in [5, 5.41) is 27.0. The molecule has 0 aromatic carbocycles. The Balaban J connectivity index is 0. The predicted molar refractivity (Wildman–Crippen MR) is 34.6 cm³/mol. The monoisotopic (exact) mass is 170 g/mol. The zero-order valence-electron chi connectivity index (χ0n) is 7.83. The van der Waals surface area contributed by atoms with Gasteiger partial charge in [0.1, 0.15) is 6.10 Å². The van der Waals surface area contributed by atoms with Crippen LogP contribution in [0.4, 0.5) is 0 Å². The maximum atomic E-state index is 9.11. The van der Waals surface area contributed by atoms with Crippen LogP contribution in [0.5, 0.6) is 0 Å². The molecular weight excluding hydrogens is 159 g/mol. The molecule has 1 rings (SSSR count). The van der Waals surface area contributed by atoms with E-state index in [1.807, 2.05) is 0 Å². The minimum Gasteiger partial charge on any atom is -1.00 e. The van der Waals surface area contributed by atoms with Crippen molar-refractivity contribution in [3.63, 3.8) is 0 Å². The van der Waals surface area contributed by atoms with E-state index in [0.717, 1.165) is 0 Å². The van der Waals surface area contributed by atoms with Gasteiger partial charge >= 0.3 is 29.6 Å². The first kappa shape index (κ1) is 11.3. The maximum absolute atomic E-state index is 9.11. The molecule has 2 atom stereocenters. The number of rotatable bonds is 0. The summed E-state index contributed by atoms with van der Waals surface area (Å²) in [5.74, 6) is -2.52. The van der Waals surface area contributed by atoms with Gasteiger partial charge in [0.15, 0.2) is 11.5 Å². The summed E-state index contributed by atoms with van der Waals surface area (Å²) in [4.78, 5) is 0. The third kappa shape index (κ3) is 1.89. The fourth-order valence-electron chi connectivity index (χ4n) is 0.886. The SMILES string of the molecule is CC1OC(C)(O)C(O)=C1O.[H-].[Na+]. The molecule has 0 spiro atoms. The smallest absolute Gasteiger partial charge is 1.00 e. The van der Waals surface area contributed by atoms with E-state index in [-0.39, 0.29) is 36.7 Å². The van der Waals surface area contributed by atoms with E-state index in [4.69, 9.17) is 20.1 Å². The van der Waals surface area contributed by atoms with E-state index in [9.17, 15) is 0 Å². The molecule has 0 saturated carbocycles. The van der Waals surface area contributed by atoms with Crippen LogP contribution >= 0.6 is 0 Å². The second-order valence-corrected chi connectivity index (χ2v) is 2.48. The Kier molecular flexibility index (Phi) is 3.41. The molecule has 3 N–H and O–H groups in total. The van der Waals surface area contributed by atoms with Crippen molar-refractivity contribution in [3.8, 4) is 0 Å². The minimum absolute atomic E-state index is 0. The van der Waals surface area contributed by atoms with Gasteiger partial charge in [-0.3, -0.25) is 0 Å². The van der Waals surface area contributed by atoms with E-state index in [0.29, 0.717) is 0 Å². The Bertz CT molecular complexity index is 192. The van der Waals surface area contributed by atoms with Crippen LogP contribution in [0.15, 0.2) is 11.5 Å². The molecule has 0 bridgehead atoms. The molecule has 0 amide bonds. The van der Waals surface area contributed by atoms with E-state index >= 15 is 0 Å². The molecule has 0 aromatic rings. The predicted octanol–water partition coefficient (Wildman–Crippen LogP) is -2.44. The van der Waals surface area contributed by atoms with Gasteiger partial charge in [0.05, 0.1) is 0 Å². The standard InChI is InChI=1S/C6H10O4.Na.H/c1-3-4(7)5(8)6(2,9)10-3;;/h3,7-9H,1-2H3;;/q;+1;-1. The zero-order valence-corrected chi connectivity index (χ0v) is 8.83. The Morgan fingerprint density at radius 1 is 1.55 bits per heavy atom. The minimum atomic E-state index is -1.72. The quantitative estimate of drug-likeness (QED) is 0.353. The summed E-state index contributed by atoms with van der Waals surface area (Å²) in [6.45, 7) is 2.80. The first-order chi connectivity index (χ1) is 4.45. The molecule has 4 nitrogen and oxygen atoms in total. The molecule has 1 heterocycles. The van der Waals surface area contributed by atoms with Crippen molar-refractivity contribution in [2.45, 2.75) is 25.7 Å². The fourth-order valence-corrected chi connectivity index (χ4v) is 0.886. The van der Waals surface area contributed by atoms with Gasteiger partial charge in [-0.05, 0) is 13.8 Å². The number of aliphatic hydroxyl groups excluding tert-OH is 2.